The molecule has 1 heterocycles. The Morgan fingerprint density at radius 1 is 0.667 bits per heavy atom. The summed E-state index contributed by atoms with van der Waals surface area (Å²) in [5, 5.41) is 4.16. The van der Waals surface area contributed by atoms with Gasteiger partial charge in [0, 0.05) is 6.42 Å². The largest absolute Gasteiger partial charge is 0.338 e. The predicted octanol–water partition coefficient (Wildman–Crippen LogP) is 4.47. The Bertz CT molecular complexity index is 753. The molecule has 1 aliphatic rings. The highest BCUT2D eigenvalue weighted by Gasteiger charge is 2.48. The van der Waals surface area contributed by atoms with Crippen molar-refractivity contribution in [2.24, 2.45) is 0 Å². The van der Waals surface area contributed by atoms with Gasteiger partial charge in [-0.15, -0.1) is 0 Å². The second kappa shape index (κ2) is 8.24. The first-order chi connectivity index (χ1) is 13.2. The number of halogens is 1. The van der Waals surface area contributed by atoms with Crippen molar-refractivity contribution in [1.82, 2.24) is 0 Å². The van der Waals surface area contributed by atoms with Crippen molar-refractivity contribution in [2.45, 2.75) is 11.1 Å². The molecule has 4 rings (SSSR count). The highest BCUT2D eigenvalue weighted by atomic mass is 79.9. The minimum absolute atomic E-state index is 0.638. The van der Waals surface area contributed by atoms with E-state index >= 15 is 0 Å². The summed E-state index contributed by atoms with van der Waals surface area (Å²) in [6.45, 7) is 1.28. The zero-order valence-corrected chi connectivity index (χ0v) is 17.6. The van der Waals surface area contributed by atoms with Gasteiger partial charge in [0.25, 0.3) is 0 Å². The zero-order valence-electron chi connectivity index (χ0n) is 15.1. The third kappa shape index (κ3) is 3.88. The van der Waals surface area contributed by atoms with Gasteiger partial charge < -0.3 is 9.47 Å². The van der Waals surface area contributed by atoms with Crippen LogP contribution in [0.5, 0.6) is 0 Å². The van der Waals surface area contributed by atoms with E-state index < -0.39 is 12.0 Å². The fraction of sp³-hybridized carbons (Fsp3) is 0.217. The van der Waals surface area contributed by atoms with E-state index in [4.69, 9.17) is 9.47 Å². The van der Waals surface area contributed by atoms with Crippen LogP contribution in [-0.2, 0) is 9.47 Å². The third-order valence-electron chi connectivity index (χ3n) is 5.06. The summed E-state index contributed by atoms with van der Waals surface area (Å²) in [7, 11) is -1.84. The van der Waals surface area contributed by atoms with Gasteiger partial charge in [0.05, 0.1) is 19.4 Å². The molecule has 0 saturated carbocycles. The molecule has 0 bridgehead atoms. The summed E-state index contributed by atoms with van der Waals surface area (Å²) in [4.78, 5) is 0. The zero-order chi connectivity index (χ0) is 18.6. The van der Waals surface area contributed by atoms with Crippen LogP contribution in [0.3, 0.4) is 0 Å². The molecule has 0 unspecified atom stereocenters. The smallest absolute Gasteiger partial charge is 0.230 e. The van der Waals surface area contributed by atoms with E-state index in [0.717, 1.165) is 12.6 Å². The van der Waals surface area contributed by atoms with Crippen LogP contribution in [0, 0.1) is 0 Å². The molecule has 0 spiro atoms. The average molecular weight is 442 g/mol. The number of rotatable bonds is 6. The van der Waals surface area contributed by atoms with Gasteiger partial charge in [-0.2, -0.15) is 0 Å². The first-order valence-electron chi connectivity index (χ1n) is 9.25. The van der Waals surface area contributed by atoms with Crippen molar-refractivity contribution in [3.63, 3.8) is 0 Å². The maximum absolute atomic E-state index is 5.86. The Kier molecular flexibility index (Phi) is 5.75. The van der Waals surface area contributed by atoms with Gasteiger partial charge in [0.2, 0.25) is 4.70 Å². The predicted molar refractivity (Wildman–Crippen MR) is 118 cm³/mol. The number of ether oxygens (including phenoxy) is 2. The van der Waals surface area contributed by atoms with Crippen LogP contribution in [0.2, 0.25) is 0 Å². The molecule has 0 aromatic heterocycles. The quantitative estimate of drug-likeness (QED) is 0.415. The average Bonchev–Trinajstić information content (AvgIpc) is 3.18. The highest BCUT2D eigenvalue weighted by Crippen LogP contribution is 2.57. The SMILES string of the molecule is BrC1(CC[P+](c2ccccc2)(c2ccccc2)c2ccccc2)OCCO1. The maximum Gasteiger partial charge on any atom is 0.230 e. The molecule has 3 aromatic rings. The summed E-state index contributed by atoms with van der Waals surface area (Å²) in [5.41, 5.74) is 0. The fourth-order valence-corrected chi connectivity index (χ4v) is 8.93. The van der Waals surface area contributed by atoms with Gasteiger partial charge in [-0.3, -0.25) is 0 Å². The van der Waals surface area contributed by atoms with Crippen molar-refractivity contribution in [3.8, 4) is 0 Å². The van der Waals surface area contributed by atoms with E-state index in [1.807, 2.05) is 0 Å². The van der Waals surface area contributed by atoms with Crippen LogP contribution < -0.4 is 15.9 Å². The molecule has 0 radical (unpaired) electrons. The minimum Gasteiger partial charge on any atom is -0.338 e. The molecular formula is C23H23BrO2P+. The molecular weight excluding hydrogens is 419 g/mol. The Morgan fingerprint density at radius 3 is 1.41 bits per heavy atom. The van der Waals surface area contributed by atoms with Crippen molar-refractivity contribution in [1.29, 1.82) is 0 Å². The number of hydrogen-bond acceptors (Lipinski definition) is 2. The topological polar surface area (TPSA) is 18.5 Å². The van der Waals surface area contributed by atoms with Crippen molar-refractivity contribution >= 4 is 39.1 Å². The summed E-state index contributed by atoms with van der Waals surface area (Å²) >= 11 is 3.69. The lowest BCUT2D eigenvalue weighted by Crippen LogP contribution is -2.36. The molecule has 0 N–H and O–H groups in total. The number of alkyl halides is 1. The van der Waals surface area contributed by atoms with Crippen molar-refractivity contribution in [2.75, 3.05) is 19.4 Å². The van der Waals surface area contributed by atoms with E-state index in [-0.39, 0.29) is 0 Å². The highest BCUT2D eigenvalue weighted by molar-refractivity contribution is 9.10. The molecule has 1 saturated heterocycles. The molecule has 138 valence electrons. The summed E-state index contributed by atoms with van der Waals surface area (Å²) in [6.07, 6.45) is 1.76. The lowest BCUT2D eigenvalue weighted by molar-refractivity contribution is -0.0699. The van der Waals surface area contributed by atoms with Gasteiger partial charge in [0.1, 0.15) is 23.2 Å². The standard InChI is InChI=1S/C23H23BrO2P/c24-23(25-17-18-26-23)16-19-27(20-10-4-1-5-11-20,21-12-6-2-7-13-21)22-14-8-3-9-15-22/h1-15H,16-19H2/q+1. The van der Waals surface area contributed by atoms with Crippen molar-refractivity contribution < 1.29 is 9.47 Å². The van der Waals surface area contributed by atoms with Gasteiger partial charge in [0.15, 0.2) is 0 Å². The van der Waals surface area contributed by atoms with Gasteiger partial charge in [-0.25, -0.2) is 0 Å². The second-order valence-corrected chi connectivity index (χ2v) is 11.5. The van der Waals surface area contributed by atoms with Crippen LogP contribution >= 0.6 is 23.2 Å². The van der Waals surface area contributed by atoms with Gasteiger partial charge in [-0.05, 0) is 52.3 Å². The molecule has 3 aromatic carbocycles. The maximum atomic E-state index is 5.86. The lowest BCUT2D eigenvalue weighted by atomic mass is 10.3. The van der Waals surface area contributed by atoms with E-state index in [2.05, 4.69) is 107 Å². The monoisotopic (exact) mass is 441 g/mol. The van der Waals surface area contributed by atoms with E-state index in [1.165, 1.54) is 15.9 Å². The Morgan fingerprint density at radius 2 is 1.04 bits per heavy atom. The molecule has 27 heavy (non-hydrogen) atoms. The van der Waals surface area contributed by atoms with Gasteiger partial charge >= 0.3 is 0 Å². The fourth-order valence-electron chi connectivity index (χ4n) is 3.76. The van der Waals surface area contributed by atoms with Crippen LogP contribution in [0.4, 0.5) is 0 Å². The number of benzene rings is 3. The molecule has 0 atom stereocenters. The van der Waals surface area contributed by atoms with Crippen LogP contribution in [0.1, 0.15) is 6.42 Å². The Balaban J connectivity index is 1.86. The first-order valence-corrected chi connectivity index (χ1v) is 12.0. The molecule has 4 heteroatoms. The second-order valence-electron chi connectivity index (χ2n) is 6.65. The normalized spacial score (nSPS) is 16.3. The van der Waals surface area contributed by atoms with E-state index in [9.17, 15) is 0 Å². The van der Waals surface area contributed by atoms with Gasteiger partial charge in [-0.1, -0.05) is 54.6 Å². The lowest BCUT2D eigenvalue weighted by Gasteiger charge is -2.30. The van der Waals surface area contributed by atoms with Crippen molar-refractivity contribution in [3.05, 3.63) is 91.0 Å². The van der Waals surface area contributed by atoms with E-state index in [1.54, 1.807) is 0 Å². The molecule has 1 aliphatic heterocycles. The molecule has 0 amide bonds. The van der Waals surface area contributed by atoms with E-state index in [0.29, 0.717) is 13.2 Å². The van der Waals surface area contributed by atoms with Crippen LogP contribution in [-0.4, -0.2) is 24.1 Å². The molecule has 1 fully saturated rings. The number of hydrogen-bond donors (Lipinski definition) is 0. The molecule has 2 nitrogen and oxygen atoms in total. The first kappa shape index (κ1) is 18.8. The summed E-state index contributed by atoms with van der Waals surface area (Å²) in [6, 6.07) is 32.7. The molecule has 0 aliphatic carbocycles. The van der Waals surface area contributed by atoms with Crippen LogP contribution in [0.15, 0.2) is 91.0 Å². The van der Waals surface area contributed by atoms with Crippen LogP contribution in [0.25, 0.3) is 0 Å². The Hall–Kier alpha value is -1.51. The third-order valence-corrected chi connectivity index (χ3v) is 10.3. The minimum atomic E-state index is -1.84. The summed E-state index contributed by atoms with van der Waals surface area (Å²) in [5.74, 6) is 0. The Labute approximate surface area is 170 Å². The summed E-state index contributed by atoms with van der Waals surface area (Å²) < 4.78 is 11.0.